The molecule has 1 atom stereocenters. The third-order valence-corrected chi connectivity index (χ3v) is 3.57. The SMILES string of the molecule is C=CC(=O)OCCOCCOc1ccc2c(OC(C)OC)cccc2c1. The smallest absolute Gasteiger partial charge is 0.330 e. The van der Waals surface area contributed by atoms with Crippen molar-refractivity contribution < 1.29 is 28.5 Å². The summed E-state index contributed by atoms with van der Waals surface area (Å²) < 4.78 is 26.7. The molecule has 0 aliphatic rings. The predicted molar refractivity (Wildman–Crippen MR) is 98.5 cm³/mol. The number of methoxy groups -OCH3 is 1. The fourth-order valence-corrected chi connectivity index (χ4v) is 2.23. The van der Waals surface area contributed by atoms with Crippen LogP contribution in [0.25, 0.3) is 10.8 Å². The van der Waals surface area contributed by atoms with Gasteiger partial charge in [0.15, 0.2) is 6.29 Å². The molecule has 0 N–H and O–H groups in total. The second kappa shape index (κ2) is 10.4. The van der Waals surface area contributed by atoms with Gasteiger partial charge < -0.3 is 23.7 Å². The van der Waals surface area contributed by atoms with Crippen molar-refractivity contribution in [1.29, 1.82) is 0 Å². The van der Waals surface area contributed by atoms with Crippen LogP contribution >= 0.6 is 0 Å². The minimum atomic E-state index is -0.454. The summed E-state index contributed by atoms with van der Waals surface area (Å²) in [6.45, 7) is 6.48. The first-order valence-corrected chi connectivity index (χ1v) is 8.36. The maximum absolute atomic E-state index is 10.9. The Hall–Kier alpha value is -2.57. The van der Waals surface area contributed by atoms with Crippen molar-refractivity contribution in [3.05, 3.63) is 49.1 Å². The van der Waals surface area contributed by atoms with E-state index in [1.54, 1.807) is 7.11 Å². The van der Waals surface area contributed by atoms with E-state index in [9.17, 15) is 4.79 Å². The van der Waals surface area contributed by atoms with Gasteiger partial charge in [-0.3, -0.25) is 0 Å². The second-order valence-corrected chi connectivity index (χ2v) is 5.39. The molecule has 0 amide bonds. The largest absolute Gasteiger partial charge is 0.491 e. The number of rotatable bonds is 11. The third-order valence-electron chi connectivity index (χ3n) is 3.57. The molecule has 2 aromatic carbocycles. The molecule has 0 fully saturated rings. The number of fused-ring (bicyclic) bond motifs is 1. The molecular formula is C20H24O6. The summed E-state index contributed by atoms with van der Waals surface area (Å²) in [5.74, 6) is 1.06. The molecule has 0 bridgehead atoms. The van der Waals surface area contributed by atoms with E-state index < -0.39 is 5.97 Å². The van der Waals surface area contributed by atoms with E-state index in [2.05, 4.69) is 6.58 Å². The monoisotopic (exact) mass is 360 g/mol. The van der Waals surface area contributed by atoms with Gasteiger partial charge >= 0.3 is 5.97 Å². The highest BCUT2D eigenvalue weighted by atomic mass is 16.7. The lowest BCUT2D eigenvalue weighted by atomic mass is 10.1. The van der Waals surface area contributed by atoms with Gasteiger partial charge in [0, 0.05) is 18.6 Å². The molecule has 0 saturated carbocycles. The van der Waals surface area contributed by atoms with Crippen LogP contribution in [0.15, 0.2) is 49.1 Å². The van der Waals surface area contributed by atoms with E-state index in [4.69, 9.17) is 23.7 Å². The Bertz CT molecular complexity index is 727. The summed E-state index contributed by atoms with van der Waals surface area (Å²) in [5.41, 5.74) is 0. The summed E-state index contributed by atoms with van der Waals surface area (Å²) in [6.07, 6.45) is 0.800. The molecule has 0 aromatic heterocycles. The first-order valence-electron chi connectivity index (χ1n) is 8.36. The zero-order chi connectivity index (χ0) is 18.8. The van der Waals surface area contributed by atoms with Crippen molar-refractivity contribution in [2.75, 3.05) is 33.5 Å². The average Bonchev–Trinajstić information content (AvgIpc) is 2.66. The molecule has 0 aliphatic heterocycles. The Morgan fingerprint density at radius 2 is 1.96 bits per heavy atom. The number of hydrogen-bond acceptors (Lipinski definition) is 6. The molecule has 0 aliphatic carbocycles. The number of carbonyl (C=O) groups is 1. The Kier molecular flexibility index (Phi) is 7.92. The Labute approximate surface area is 153 Å². The summed E-state index contributed by atoms with van der Waals surface area (Å²) >= 11 is 0. The van der Waals surface area contributed by atoms with E-state index in [1.165, 1.54) is 0 Å². The number of ether oxygens (including phenoxy) is 5. The van der Waals surface area contributed by atoms with Crippen molar-refractivity contribution in [3.8, 4) is 11.5 Å². The highest BCUT2D eigenvalue weighted by molar-refractivity contribution is 5.89. The lowest BCUT2D eigenvalue weighted by Crippen LogP contribution is -2.13. The summed E-state index contributed by atoms with van der Waals surface area (Å²) in [7, 11) is 1.60. The molecule has 26 heavy (non-hydrogen) atoms. The molecule has 0 saturated heterocycles. The van der Waals surface area contributed by atoms with Gasteiger partial charge in [-0.15, -0.1) is 0 Å². The van der Waals surface area contributed by atoms with Crippen molar-refractivity contribution in [2.24, 2.45) is 0 Å². The Morgan fingerprint density at radius 3 is 2.73 bits per heavy atom. The lowest BCUT2D eigenvalue weighted by molar-refractivity contribution is -0.139. The van der Waals surface area contributed by atoms with E-state index in [0.717, 1.165) is 28.3 Å². The number of hydrogen-bond donors (Lipinski definition) is 0. The molecule has 2 rings (SSSR count). The predicted octanol–water partition coefficient (Wildman–Crippen LogP) is 3.34. The van der Waals surface area contributed by atoms with Crippen LogP contribution in [-0.2, 0) is 19.0 Å². The minimum absolute atomic E-state index is 0.198. The standard InChI is InChI=1S/C20H24O6/c1-4-20(21)25-13-11-23-10-12-24-17-8-9-18-16(14-17)6-5-7-19(18)26-15(2)22-3/h4-9,14-15H,1,10-13H2,2-3H3. The van der Waals surface area contributed by atoms with E-state index in [1.807, 2.05) is 43.3 Å². The fourth-order valence-electron chi connectivity index (χ4n) is 2.23. The van der Waals surface area contributed by atoms with Crippen molar-refractivity contribution >= 4 is 16.7 Å². The van der Waals surface area contributed by atoms with Gasteiger partial charge in [-0.1, -0.05) is 18.7 Å². The zero-order valence-corrected chi connectivity index (χ0v) is 15.1. The van der Waals surface area contributed by atoms with Crippen molar-refractivity contribution in [1.82, 2.24) is 0 Å². The number of carbonyl (C=O) groups excluding carboxylic acids is 1. The van der Waals surface area contributed by atoms with Gasteiger partial charge in [0.1, 0.15) is 24.7 Å². The topological polar surface area (TPSA) is 63.2 Å². The summed E-state index contributed by atoms with van der Waals surface area (Å²) in [5, 5.41) is 2.00. The molecule has 140 valence electrons. The molecule has 6 heteroatoms. The fraction of sp³-hybridized carbons (Fsp3) is 0.350. The average molecular weight is 360 g/mol. The van der Waals surface area contributed by atoms with Gasteiger partial charge in [-0.25, -0.2) is 4.79 Å². The van der Waals surface area contributed by atoms with Crippen LogP contribution in [0.1, 0.15) is 6.92 Å². The van der Waals surface area contributed by atoms with Crippen LogP contribution in [0.5, 0.6) is 11.5 Å². The summed E-state index contributed by atoms with van der Waals surface area (Å²) in [4.78, 5) is 10.9. The third kappa shape index (κ3) is 6.06. The van der Waals surface area contributed by atoms with Crippen LogP contribution in [0.4, 0.5) is 0 Å². The van der Waals surface area contributed by atoms with E-state index in [0.29, 0.717) is 19.8 Å². The van der Waals surface area contributed by atoms with Crippen molar-refractivity contribution in [3.63, 3.8) is 0 Å². The Morgan fingerprint density at radius 1 is 1.15 bits per heavy atom. The molecule has 0 heterocycles. The number of esters is 1. The van der Waals surface area contributed by atoms with Crippen LogP contribution in [-0.4, -0.2) is 45.8 Å². The van der Waals surface area contributed by atoms with Crippen LogP contribution in [0.3, 0.4) is 0 Å². The maximum atomic E-state index is 10.9. The van der Waals surface area contributed by atoms with Crippen molar-refractivity contribution in [2.45, 2.75) is 13.2 Å². The van der Waals surface area contributed by atoms with E-state index >= 15 is 0 Å². The number of benzene rings is 2. The first kappa shape index (κ1) is 19.8. The van der Waals surface area contributed by atoms with E-state index in [-0.39, 0.29) is 12.9 Å². The zero-order valence-electron chi connectivity index (χ0n) is 15.1. The van der Waals surface area contributed by atoms with Gasteiger partial charge in [-0.2, -0.15) is 0 Å². The molecule has 0 spiro atoms. The normalized spacial score (nSPS) is 11.8. The van der Waals surface area contributed by atoms with Crippen LogP contribution in [0.2, 0.25) is 0 Å². The highest BCUT2D eigenvalue weighted by Crippen LogP contribution is 2.29. The van der Waals surface area contributed by atoms with Gasteiger partial charge in [-0.05, 0) is 36.6 Å². The lowest BCUT2D eigenvalue weighted by Gasteiger charge is -2.15. The highest BCUT2D eigenvalue weighted by Gasteiger charge is 2.07. The molecule has 2 aromatic rings. The maximum Gasteiger partial charge on any atom is 0.330 e. The van der Waals surface area contributed by atoms with Gasteiger partial charge in [0.2, 0.25) is 0 Å². The van der Waals surface area contributed by atoms with Crippen LogP contribution < -0.4 is 9.47 Å². The minimum Gasteiger partial charge on any atom is -0.491 e. The summed E-state index contributed by atoms with van der Waals surface area (Å²) in [6, 6.07) is 11.6. The molecule has 6 nitrogen and oxygen atoms in total. The second-order valence-electron chi connectivity index (χ2n) is 5.39. The Balaban J connectivity index is 1.82. The van der Waals surface area contributed by atoms with Gasteiger partial charge in [0.05, 0.1) is 13.2 Å². The van der Waals surface area contributed by atoms with Crippen LogP contribution in [0, 0.1) is 0 Å². The molecular weight excluding hydrogens is 336 g/mol. The first-order chi connectivity index (χ1) is 12.6. The molecule has 0 radical (unpaired) electrons. The quantitative estimate of drug-likeness (QED) is 0.265. The van der Waals surface area contributed by atoms with Gasteiger partial charge in [0.25, 0.3) is 0 Å². The molecule has 1 unspecified atom stereocenters.